The van der Waals surface area contributed by atoms with Gasteiger partial charge in [0.25, 0.3) is 0 Å². The minimum atomic E-state index is -0.124. The number of methoxy groups -OCH3 is 1. The summed E-state index contributed by atoms with van der Waals surface area (Å²) in [6.07, 6.45) is 9.64. The first-order valence-electron chi connectivity index (χ1n) is 7.78. The first-order valence-corrected chi connectivity index (χ1v) is 7.78. The van der Waals surface area contributed by atoms with Gasteiger partial charge in [-0.3, -0.25) is 4.79 Å². The monoisotopic (exact) mass is 278 g/mol. The number of ether oxygens (including phenoxy) is 1. The zero-order valence-electron chi connectivity index (χ0n) is 13.8. The van der Waals surface area contributed by atoms with Crippen molar-refractivity contribution < 1.29 is 9.53 Å². The maximum atomic E-state index is 11.1. The number of hydrogen-bond donors (Lipinski definition) is 0. The molecule has 0 bridgehead atoms. The summed E-state index contributed by atoms with van der Waals surface area (Å²) in [4.78, 5) is 11.1. The number of carbonyl (C=O) groups excluding carboxylic acids is 1. The average Bonchev–Trinajstić information content (AvgIpc) is 2.37. The molecule has 0 saturated carbocycles. The fourth-order valence-corrected chi connectivity index (χ4v) is 3.19. The molecule has 1 rings (SSSR count). The van der Waals surface area contributed by atoms with Crippen molar-refractivity contribution >= 4 is 5.97 Å². The summed E-state index contributed by atoms with van der Waals surface area (Å²) in [5, 5.41) is 0. The molecule has 0 spiro atoms. The van der Waals surface area contributed by atoms with Crippen LogP contribution in [0.25, 0.3) is 0 Å². The zero-order chi connectivity index (χ0) is 15.2. The zero-order valence-corrected chi connectivity index (χ0v) is 13.8. The first kappa shape index (κ1) is 17.0. The van der Waals surface area contributed by atoms with Crippen LogP contribution in [-0.2, 0) is 9.53 Å². The summed E-state index contributed by atoms with van der Waals surface area (Å²) in [7, 11) is 1.44. The van der Waals surface area contributed by atoms with E-state index in [1.165, 1.54) is 38.4 Å². The minimum absolute atomic E-state index is 0.124. The van der Waals surface area contributed by atoms with Crippen LogP contribution in [-0.4, -0.2) is 13.1 Å². The molecule has 1 aliphatic carbocycles. The molecule has 0 N–H and O–H groups in total. The SMILES string of the molecule is COC(=O)CC/C=C(\C)CCC1=C(C)CCCC1(C)C. The van der Waals surface area contributed by atoms with Gasteiger partial charge >= 0.3 is 5.97 Å². The standard InChI is InChI=1S/C18H30O2/c1-14(8-6-10-17(19)20-5)11-12-16-15(2)9-7-13-18(16,3)4/h8H,6-7,9-13H2,1-5H3/b14-8+. The summed E-state index contributed by atoms with van der Waals surface area (Å²) in [6, 6.07) is 0. The summed E-state index contributed by atoms with van der Waals surface area (Å²) in [5.74, 6) is -0.124. The fraction of sp³-hybridized carbons (Fsp3) is 0.722. The summed E-state index contributed by atoms with van der Waals surface area (Å²) in [5.41, 5.74) is 5.01. The van der Waals surface area contributed by atoms with E-state index < -0.39 is 0 Å². The van der Waals surface area contributed by atoms with Crippen LogP contribution in [0.15, 0.2) is 22.8 Å². The third kappa shape index (κ3) is 5.15. The van der Waals surface area contributed by atoms with E-state index in [9.17, 15) is 4.79 Å². The first-order chi connectivity index (χ1) is 9.36. The van der Waals surface area contributed by atoms with Gasteiger partial charge in [-0.25, -0.2) is 0 Å². The Hall–Kier alpha value is -1.05. The largest absolute Gasteiger partial charge is 0.469 e. The molecule has 0 heterocycles. The van der Waals surface area contributed by atoms with Crippen molar-refractivity contribution in [2.75, 3.05) is 7.11 Å². The minimum Gasteiger partial charge on any atom is -0.469 e. The Kier molecular flexibility index (Phi) is 6.51. The van der Waals surface area contributed by atoms with Crippen molar-refractivity contribution in [3.63, 3.8) is 0 Å². The van der Waals surface area contributed by atoms with Gasteiger partial charge in [0.05, 0.1) is 7.11 Å². The molecule has 0 radical (unpaired) electrons. The highest BCUT2D eigenvalue weighted by atomic mass is 16.5. The van der Waals surface area contributed by atoms with Gasteiger partial charge in [-0.05, 0) is 57.8 Å². The molecule has 0 unspecified atom stereocenters. The van der Waals surface area contributed by atoms with Crippen molar-refractivity contribution in [3.05, 3.63) is 22.8 Å². The Bertz CT molecular complexity index is 400. The van der Waals surface area contributed by atoms with Gasteiger partial charge < -0.3 is 4.74 Å². The highest BCUT2D eigenvalue weighted by molar-refractivity contribution is 5.69. The second-order valence-electron chi connectivity index (χ2n) is 6.66. The smallest absolute Gasteiger partial charge is 0.305 e. The second-order valence-corrected chi connectivity index (χ2v) is 6.66. The van der Waals surface area contributed by atoms with E-state index in [1.807, 2.05) is 0 Å². The molecule has 0 fully saturated rings. The average molecular weight is 278 g/mol. The van der Waals surface area contributed by atoms with Gasteiger partial charge in [0, 0.05) is 6.42 Å². The molecule has 20 heavy (non-hydrogen) atoms. The Labute approximate surface area is 124 Å². The maximum absolute atomic E-state index is 11.1. The number of esters is 1. The molecular formula is C18H30O2. The summed E-state index contributed by atoms with van der Waals surface area (Å²) >= 11 is 0. The summed E-state index contributed by atoms with van der Waals surface area (Å²) < 4.78 is 4.65. The van der Waals surface area contributed by atoms with E-state index in [0.29, 0.717) is 11.8 Å². The lowest BCUT2D eigenvalue weighted by molar-refractivity contribution is -0.140. The Morgan fingerprint density at radius 1 is 1.35 bits per heavy atom. The van der Waals surface area contributed by atoms with Gasteiger partial charge in [0.15, 0.2) is 0 Å². The van der Waals surface area contributed by atoms with Crippen LogP contribution in [0.2, 0.25) is 0 Å². The molecule has 114 valence electrons. The molecule has 0 saturated heterocycles. The van der Waals surface area contributed by atoms with Crippen molar-refractivity contribution in [1.29, 1.82) is 0 Å². The van der Waals surface area contributed by atoms with Gasteiger partial charge in [-0.1, -0.05) is 36.6 Å². The third-order valence-electron chi connectivity index (χ3n) is 4.52. The molecule has 2 nitrogen and oxygen atoms in total. The van der Waals surface area contributed by atoms with Gasteiger partial charge in [0.2, 0.25) is 0 Å². The topological polar surface area (TPSA) is 26.3 Å². The third-order valence-corrected chi connectivity index (χ3v) is 4.52. The van der Waals surface area contributed by atoms with E-state index in [4.69, 9.17) is 0 Å². The number of carbonyl (C=O) groups is 1. The van der Waals surface area contributed by atoms with Crippen LogP contribution in [0.4, 0.5) is 0 Å². The van der Waals surface area contributed by atoms with E-state index in [2.05, 4.69) is 38.5 Å². The van der Waals surface area contributed by atoms with Crippen LogP contribution in [0.5, 0.6) is 0 Å². The summed E-state index contributed by atoms with van der Waals surface area (Å²) in [6.45, 7) is 9.22. The molecule has 0 aromatic carbocycles. The highest BCUT2D eigenvalue weighted by Crippen LogP contribution is 2.42. The van der Waals surface area contributed by atoms with Crippen molar-refractivity contribution in [1.82, 2.24) is 0 Å². The van der Waals surface area contributed by atoms with Crippen molar-refractivity contribution in [2.24, 2.45) is 5.41 Å². The van der Waals surface area contributed by atoms with Crippen LogP contribution in [0, 0.1) is 5.41 Å². The lowest BCUT2D eigenvalue weighted by Crippen LogP contribution is -2.20. The fourth-order valence-electron chi connectivity index (χ4n) is 3.19. The number of allylic oxidation sites excluding steroid dienone is 4. The predicted octanol–water partition coefficient (Wildman–Crippen LogP) is 5.19. The maximum Gasteiger partial charge on any atom is 0.305 e. The molecule has 0 aromatic rings. The van der Waals surface area contributed by atoms with Crippen LogP contribution < -0.4 is 0 Å². The number of rotatable bonds is 6. The molecule has 0 atom stereocenters. The van der Waals surface area contributed by atoms with Gasteiger partial charge in [-0.2, -0.15) is 0 Å². The number of hydrogen-bond acceptors (Lipinski definition) is 2. The Morgan fingerprint density at radius 3 is 2.65 bits per heavy atom. The predicted molar refractivity (Wildman–Crippen MR) is 84.6 cm³/mol. The molecular weight excluding hydrogens is 248 g/mol. The second kappa shape index (κ2) is 7.66. The van der Waals surface area contributed by atoms with E-state index in [1.54, 1.807) is 11.1 Å². The van der Waals surface area contributed by atoms with E-state index in [-0.39, 0.29) is 5.97 Å². The van der Waals surface area contributed by atoms with Gasteiger partial charge in [0.1, 0.15) is 0 Å². The van der Waals surface area contributed by atoms with Crippen LogP contribution in [0.3, 0.4) is 0 Å². The molecule has 1 aliphatic rings. The normalized spacial score (nSPS) is 19.1. The highest BCUT2D eigenvalue weighted by Gasteiger charge is 2.27. The Morgan fingerprint density at radius 2 is 2.05 bits per heavy atom. The van der Waals surface area contributed by atoms with Crippen LogP contribution in [0.1, 0.15) is 72.6 Å². The van der Waals surface area contributed by atoms with E-state index in [0.717, 1.165) is 12.8 Å². The van der Waals surface area contributed by atoms with Crippen molar-refractivity contribution in [3.8, 4) is 0 Å². The molecule has 2 heteroatoms. The van der Waals surface area contributed by atoms with Crippen LogP contribution >= 0.6 is 0 Å². The lowest BCUT2D eigenvalue weighted by Gasteiger charge is -2.35. The molecule has 0 aromatic heterocycles. The lowest BCUT2D eigenvalue weighted by atomic mass is 9.71. The molecule has 0 amide bonds. The quantitative estimate of drug-likeness (QED) is 0.493. The Balaban J connectivity index is 2.49. The van der Waals surface area contributed by atoms with Crippen molar-refractivity contribution in [2.45, 2.75) is 72.6 Å². The van der Waals surface area contributed by atoms with Gasteiger partial charge in [-0.15, -0.1) is 0 Å². The van der Waals surface area contributed by atoms with E-state index >= 15 is 0 Å². The molecule has 0 aliphatic heterocycles.